The molecule has 4 atom stereocenters. The molecule has 7 nitrogen and oxygen atoms in total. The highest BCUT2D eigenvalue weighted by atomic mass is 35.5. The summed E-state index contributed by atoms with van der Waals surface area (Å²) >= 11 is 12.2. The lowest BCUT2D eigenvalue weighted by molar-refractivity contribution is -0.130. The van der Waals surface area contributed by atoms with Crippen LogP contribution in [0.5, 0.6) is 5.75 Å². The molecule has 1 spiro atoms. The molecule has 10 heteroatoms. The number of nitrogens with one attached hydrogen (secondary N) is 2. The van der Waals surface area contributed by atoms with Gasteiger partial charge in [0.2, 0.25) is 17.7 Å². The summed E-state index contributed by atoms with van der Waals surface area (Å²) in [5.41, 5.74) is 0.0536. The molecule has 0 bridgehead atoms. The molecule has 2 saturated heterocycles. The Kier molecular flexibility index (Phi) is 5.12. The molecule has 6 rings (SSSR count). The first-order chi connectivity index (χ1) is 17.2. The molecule has 0 radical (unpaired) electrons. The number of phenols is 1. The van der Waals surface area contributed by atoms with Gasteiger partial charge in [-0.1, -0.05) is 35.3 Å². The Balaban J connectivity index is 1.50. The quantitative estimate of drug-likeness (QED) is 0.449. The number of nitrogens with zero attached hydrogens (tertiary/aromatic N) is 1. The molecular formula is C26H18Cl2FN3O4. The number of amides is 3. The molecule has 0 aromatic heterocycles. The van der Waals surface area contributed by atoms with E-state index < -0.39 is 47.0 Å². The van der Waals surface area contributed by atoms with E-state index in [1.165, 1.54) is 48.5 Å². The van der Waals surface area contributed by atoms with Gasteiger partial charge in [-0.25, -0.2) is 9.29 Å². The molecule has 182 valence electrons. The van der Waals surface area contributed by atoms with Crippen LogP contribution < -0.4 is 15.5 Å². The molecule has 36 heavy (non-hydrogen) atoms. The predicted octanol–water partition coefficient (Wildman–Crippen LogP) is 4.01. The van der Waals surface area contributed by atoms with Crippen molar-refractivity contribution in [1.29, 1.82) is 0 Å². The fourth-order valence-corrected chi connectivity index (χ4v) is 6.01. The summed E-state index contributed by atoms with van der Waals surface area (Å²) in [5, 5.41) is 16.1. The first-order valence-electron chi connectivity index (χ1n) is 11.2. The number of hydrogen-bond donors (Lipinski definition) is 3. The monoisotopic (exact) mass is 525 g/mol. The van der Waals surface area contributed by atoms with E-state index in [1.807, 2.05) is 0 Å². The van der Waals surface area contributed by atoms with Crippen LogP contribution in [0.25, 0.3) is 0 Å². The number of carbonyl (C=O) groups is 3. The van der Waals surface area contributed by atoms with Crippen molar-refractivity contribution in [2.24, 2.45) is 11.8 Å². The number of aromatic hydroxyl groups is 1. The minimum atomic E-state index is -1.64. The van der Waals surface area contributed by atoms with E-state index in [0.29, 0.717) is 5.69 Å². The second-order valence-corrected chi connectivity index (χ2v) is 10.0. The van der Waals surface area contributed by atoms with Crippen LogP contribution in [0.3, 0.4) is 0 Å². The van der Waals surface area contributed by atoms with E-state index in [2.05, 4.69) is 10.6 Å². The van der Waals surface area contributed by atoms with Crippen LogP contribution in [0.1, 0.15) is 11.1 Å². The van der Waals surface area contributed by atoms with Crippen LogP contribution in [0, 0.1) is 17.7 Å². The van der Waals surface area contributed by atoms with Crippen LogP contribution >= 0.6 is 23.2 Å². The van der Waals surface area contributed by atoms with Crippen LogP contribution in [0.15, 0.2) is 60.7 Å². The fraction of sp³-hybridized carbons (Fsp3) is 0.192. The third-order valence-electron chi connectivity index (χ3n) is 7.23. The van der Waals surface area contributed by atoms with Crippen LogP contribution in [0.2, 0.25) is 10.0 Å². The molecule has 0 aliphatic carbocycles. The summed E-state index contributed by atoms with van der Waals surface area (Å²) in [4.78, 5) is 42.3. The third kappa shape index (κ3) is 3.18. The summed E-state index contributed by atoms with van der Waals surface area (Å²) in [5.74, 6) is -4.12. The standard InChI is InChI=1S/C26H18Cl2FN3O4/c27-17-7-4-14(11-18(17)28)32-23(34)21-20(9-12-1-5-15(33)6-2-12)31-26(22(21)24(32)35)16-10-13(29)3-8-19(16)30-25(26)36/h1-8,10-11,20-22,31,33H,9H2,(H,30,36)/t20-,21-,22+,26-/m1/s1. The van der Waals surface area contributed by atoms with Gasteiger partial charge < -0.3 is 10.4 Å². The van der Waals surface area contributed by atoms with Gasteiger partial charge in [0.15, 0.2) is 0 Å². The number of benzene rings is 3. The van der Waals surface area contributed by atoms with Crippen LogP contribution in [0.4, 0.5) is 15.8 Å². The summed E-state index contributed by atoms with van der Waals surface area (Å²) in [6, 6.07) is 14.1. The van der Waals surface area contributed by atoms with E-state index in [4.69, 9.17) is 23.2 Å². The molecule has 3 aromatic rings. The lowest BCUT2D eigenvalue weighted by Gasteiger charge is -2.29. The molecule has 3 N–H and O–H groups in total. The van der Waals surface area contributed by atoms with Gasteiger partial charge in [-0.15, -0.1) is 0 Å². The largest absolute Gasteiger partial charge is 0.508 e. The summed E-state index contributed by atoms with van der Waals surface area (Å²) in [6.07, 6.45) is 0.287. The van der Waals surface area contributed by atoms with Gasteiger partial charge in [0.25, 0.3) is 0 Å². The molecule has 3 aliphatic rings. The number of hydrogen-bond acceptors (Lipinski definition) is 5. The third-order valence-corrected chi connectivity index (χ3v) is 7.97. The van der Waals surface area contributed by atoms with Gasteiger partial charge in [-0.05, 0) is 60.5 Å². The van der Waals surface area contributed by atoms with Gasteiger partial charge in [0.1, 0.15) is 17.1 Å². The number of phenolic OH excluding ortho intramolecular Hbond substituents is 1. The maximum atomic E-state index is 14.4. The average molecular weight is 526 g/mol. The van der Waals surface area contributed by atoms with Crippen molar-refractivity contribution in [2.75, 3.05) is 10.2 Å². The second-order valence-electron chi connectivity index (χ2n) is 9.19. The number of rotatable bonds is 3. The van der Waals surface area contributed by atoms with Crippen LogP contribution in [-0.2, 0) is 26.3 Å². The molecule has 3 aromatic carbocycles. The maximum Gasteiger partial charge on any atom is 0.250 e. The number of carbonyl (C=O) groups excluding carboxylic acids is 3. The van der Waals surface area contributed by atoms with Crippen molar-refractivity contribution in [1.82, 2.24) is 5.32 Å². The first-order valence-corrected chi connectivity index (χ1v) is 12.0. The summed E-state index contributed by atoms with van der Waals surface area (Å²) in [7, 11) is 0. The average Bonchev–Trinajstić information content (AvgIpc) is 3.42. The van der Waals surface area contributed by atoms with Gasteiger partial charge in [-0.3, -0.25) is 19.7 Å². The zero-order valence-corrected chi connectivity index (χ0v) is 20.0. The van der Waals surface area contributed by atoms with Gasteiger partial charge in [-0.2, -0.15) is 0 Å². The Bertz CT molecular complexity index is 1460. The smallest absolute Gasteiger partial charge is 0.250 e. The molecule has 0 saturated carbocycles. The number of imide groups is 1. The molecule has 2 fully saturated rings. The Morgan fingerprint density at radius 2 is 1.69 bits per heavy atom. The van der Waals surface area contributed by atoms with Crippen LogP contribution in [-0.4, -0.2) is 28.9 Å². The van der Waals surface area contributed by atoms with Crippen molar-refractivity contribution in [2.45, 2.75) is 18.0 Å². The molecule has 3 amide bonds. The zero-order chi connectivity index (χ0) is 25.4. The van der Waals surface area contributed by atoms with Gasteiger partial charge in [0, 0.05) is 17.3 Å². The molecule has 3 aliphatic heterocycles. The van der Waals surface area contributed by atoms with Crippen molar-refractivity contribution in [3.8, 4) is 5.75 Å². The van der Waals surface area contributed by atoms with E-state index in [9.17, 15) is 23.9 Å². The Labute approximate surface area is 214 Å². The highest BCUT2D eigenvalue weighted by molar-refractivity contribution is 6.42. The number of halogens is 3. The maximum absolute atomic E-state index is 14.4. The Morgan fingerprint density at radius 1 is 0.944 bits per heavy atom. The lowest BCUT2D eigenvalue weighted by Crippen LogP contribution is -2.53. The van der Waals surface area contributed by atoms with Crippen molar-refractivity contribution in [3.63, 3.8) is 0 Å². The van der Waals surface area contributed by atoms with E-state index in [1.54, 1.807) is 12.1 Å². The number of anilines is 2. The topological polar surface area (TPSA) is 98.7 Å². The fourth-order valence-electron chi connectivity index (χ4n) is 5.71. The minimum absolute atomic E-state index is 0.0879. The highest BCUT2D eigenvalue weighted by Gasteiger charge is 2.70. The Morgan fingerprint density at radius 3 is 2.42 bits per heavy atom. The van der Waals surface area contributed by atoms with Gasteiger partial charge in [0.05, 0.1) is 27.6 Å². The second kappa shape index (κ2) is 8.03. The number of fused-ring (bicyclic) bond motifs is 4. The summed E-state index contributed by atoms with van der Waals surface area (Å²) in [6.45, 7) is 0. The SMILES string of the molecule is O=C1[C@H]2[C@@H](C(=O)N1c1ccc(Cl)c(Cl)c1)[C@@]1(N[C@@H]2Cc2ccc(O)cc2)C(=O)Nc2ccc(F)cc21. The zero-order valence-electron chi connectivity index (χ0n) is 18.5. The predicted molar refractivity (Wildman–Crippen MR) is 131 cm³/mol. The van der Waals surface area contributed by atoms with E-state index in [0.717, 1.165) is 10.5 Å². The van der Waals surface area contributed by atoms with Crippen molar-refractivity contribution >= 4 is 52.3 Å². The highest BCUT2D eigenvalue weighted by Crippen LogP contribution is 2.54. The molecule has 0 unspecified atom stereocenters. The van der Waals surface area contributed by atoms with E-state index >= 15 is 0 Å². The minimum Gasteiger partial charge on any atom is -0.508 e. The van der Waals surface area contributed by atoms with Gasteiger partial charge >= 0.3 is 0 Å². The van der Waals surface area contributed by atoms with Crippen molar-refractivity contribution < 1.29 is 23.9 Å². The summed E-state index contributed by atoms with van der Waals surface area (Å²) < 4.78 is 14.4. The van der Waals surface area contributed by atoms with Crippen molar-refractivity contribution in [3.05, 3.63) is 87.7 Å². The van der Waals surface area contributed by atoms with E-state index in [-0.39, 0.29) is 33.5 Å². The lowest BCUT2D eigenvalue weighted by atomic mass is 9.76. The molecule has 3 heterocycles. The molecular weight excluding hydrogens is 508 g/mol. The Hall–Kier alpha value is -3.46. The first kappa shape index (κ1) is 23.0. The normalized spacial score (nSPS) is 26.5.